The molecule has 1 aliphatic rings. The predicted octanol–water partition coefficient (Wildman–Crippen LogP) is 4.45. The fraction of sp³-hybridized carbons (Fsp3) is 0.538. The van der Waals surface area contributed by atoms with E-state index >= 15 is 0 Å². The Morgan fingerprint density at radius 1 is 1.28 bits per heavy atom. The van der Waals surface area contributed by atoms with Crippen LogP contribution in [0.4, 0.5) is 13.2 Å². The smallest absolute Gasteiger partial charge is 0.248 e. The summed E-state index contributed by atoms with van der Waals surface area (Å²) in [5.41, 5.74) is 0.180. The molecule has 18 heavy (non-hydrogen) atoms. The molecule has 1 atom stereocenters. The van der Waals surface area contributed by atoms with Gasteiger partial charge >= 0.3 is 0 Å². The van der Waals surface area contributed by atoms with E-state index in [4.69, 9.17) is 0 Å². The molecule has 0 spiro atoms. The molecule has 1 aliphatic carbocycles. The zero-order valence-electron chi connectivity index (χ0n) is 9.67. The summed E-state index contributed by atoms with van der Waals surface area (Å²) in [7, 11) is 0. The number of rotatable bonds is 2. The fourth-order valence-corrected chi connectivity index (χ4v) is 2.75. The van der Waals surface area contributed by atoms with E-state index in [-0.39, 0.29) is 37.2 Å². The van der Waals surface area contributed by atoms with Gasteiger partial charge in [-0.2, -0.15) is 0 Å². The van der Waals surface area contributed by atoms with Gasteiger partial charge in [0.2, 0.25) is 5.92 Å². The molecule has 2 rings (SSSR count). The van der Waals surface area contributed by atoms with Gasteiger partial charge in [-0.05, 0) is 37.0 Å². The highest BCUT2D eigenvalue weighted by Gasteiger charge is 2.38. The Morgan fingerprint density at radius 3 is 2.50 bits per heavy atom. The SMILES string of the molecule is OC(c1cc(Br)ccc1F)C1CCC(F)(F)CC1. The van der Waals surface area contributed by atoms with Crippen molar-refractivity contribution in [3.63, 3.8) is 0 Å². The standard InChI is InChI=1S/C13H14BrF3O/c14-9-1-2-11(15)10(7-9)12(18)8-3-5-13(16,17)6-4-8/h1-2,7-8,12,18H,3-6H2. The maximum absolute atomic E-state index is 13.6. The molecule has 0 amide bonds. The Labute approximate surface area is 112 Å². The minimum Gasteiger partial charge on any atom is -0.388 e. The van der Waals surface area contributed by atoms with Crippen molar-refractivity contribution in [3.05, 3.63) is 34.1 Å². The molecule has 1 aromatic carbocycles. The van der Waals surface area contributed by atoms with Gasteiger partial charge in [0.25, 0.3) is 0 Å². The van der Waals surface area contributed by atoms with Crippen LogP contribution in [-0.2, 0) is 0 Å². The van der Waals surface area contributed by atoms with Gasteiger partial charge in [-0.3, -0.25) is 0 Å². The Balaban J connectivity index is 2.12. The summed E-state index contributed by atoms with van der Waals surface area (Å²) >= 11 is 3.21. The van der Waals surface area contributed by atoms with Crippen LogP contribution in [0.15, 0.2) is 22.7 Å². The summed E-state index contributed by atoms with van der Waals surface area (Å²) in [6.07, 6.45) is -1.03. The topological polar surface area (TPSA) is 20.2 Å². The minimum atomic E-state index is -2.63. The van der Waals surface area contributed by atoms with E-state index in [0.717, 1.165) is 0 Å². The van der Waals surface area contributed by atoms with Crippen LogP contribution in [0.1, 0.15) is 37.4 Å². The number of alkyl halides is 2. The van der Waals surface area contributed by atoms with Gasteiger partial charge in [0.05, 0.1) is 6.10 Å². The van der Waals surface area contributed by atoms with E-state index in [9.17, 15) is 18.3 Å². The van der Waals surface area contributed by atoms with Crippen molar-refractivity contribution >= 4 is 15.9 Å². The van der Waals surface area contributed by atoms with Crippen LogP contribution in [0.5, 0.6) is 0 Å². The molecule has 0 radical (unpaired) electrons. The van der Waals surface area contributed by atoms with Gasteiger partial charge in [-0.25, -0.2) is 13.2 Å². The van der Waals surface area contributed by atoms with E-state index in [1.54, 1.807) is 6.07 Å². The average Bonchev–Trinajstić information content (AvgIpc) is 2.31. The quantitative estimate of drug-likeness (QED) is 0.853. The molecule has 0 aliphatic heterocycles. The molecule has 0 bridgehead atoms. The van der Waals surface area contributed by atoms with Crippen molar-refractivity contribution in [3.8, 4) is 0 Å². The van der Waals surface area contributed by atoms with E-state index in [2.05, 4.69) is 15.9 Å². The molecule has 1 fully saturated rings. The van der Waals surface area contributed by atoms with Crippen molar-refractivity contribution in [1.29, 1.82) is 0 Å². The van der Waals surface area contributed by atoms with Gasteiger partial charge in [0.15, 0.2) is 0 Å². The molecule has 0 heterocycles. The molecule has 1 saturated carbocycles. The maximum Gasteiger partial charge on any atom is 0.248 e. The monoisotopic (exact) mass is 322 g/mol. The molecule has 0 aromatic heterocycles. The predicted molar refractivity (Wildman–Crippen MR) is 66.0 cm³/mol. The highest BCUT2D eigenvalue weighted by atomic mass is 79.9. The molecule has 1 aromatic rings. The van der Waals surface area contributed by atoms with E-state index in [1.807, 2.05) is 0 Å². The Bertz CT molecular complexity index is 426. The molecule has 1 N–H and O–H groups in total. The zero-order valence-corrected chi connectivity index (χ0v) is 11.3. The normalized spacial score (nSPS) is 21.8. The van der Waals surface area contributed by atoms with Crippen molar-refractivity contribution < 1.29 is 18.3 Å². The van der Waals surface area contributed by atoms with Crippen molar-refractivity contribution in [2.24, 2.45) is 5.92 Å². The lowest BCUT2D eigenvalue weighted by Crippen LogP contribution is -2.28. The van der Waals surface area contributed by atoms with Crippen molar-refractivity contribution in [2.75, 3.05) is 0 Å². The summed E-state index contributed by atoms with van der Waals surface area (Å²) < 4.78 is 40.3. The first-order valence-electron chi connectivity index (χ1n) is 5.90. The third-order valence-electron chi connectivity index (χ3n) is 3.48. The second kappa shape index (κ2) is 5.21. The van der Waals surface area contributed by atoms with Gasteiger partial charge in [0, 0.05) is 22.9 Å². The van der Waals surface area contributed by atoms with Crippen LogP contribution in [0.2, 0.25) is 0 Å². The second-order valence-corrected chi connectivity index (χ2v) is 5.72. The summed E-state index contributed by atoms with van der Waals surface area (Å²) in [5, 5.41) is 10.1. The van der Waals surface area contributed by atoms with Gasteiger partial charge in [-0.1, -0.05) is 15.9 Å². The van der Waals surface area contributed by atoms with Gasteiger partial charge < -0.3 is 5.11 Å². The first-order chi connectivity index (χ1) is 8.39. The molecule has 100 valence electrons. The largest absolute Gasteiger partial charge is 0.388 e. The summed E-state index contributed by atoms with van der Waals surface area (Å²) in [6, 6.07) is 4.31. The number of halogens is 4. The van der Waals surface area contributed by atoms with E-state index in [1.165, 1.54) is 12.1 Å². The number of aliphatic hydroxyl groups excluding tert-OH is 1. The number of aliphatic hydroxyl groups is 1. The van der Waals surface area contributed by atoms with Crippen LogP contribution in [0.3, 0.4) is 0 Å². The average molecular weight is 323 g/mol. The maximum atomic E-state index is 13.6. The molecule has 1 unspecified atom stereocenters. The van der Waals surface area contributed by atoms with E-state index in [0.29, 0.717) is 4.47 Å². The third-order valence-corrected chi connectivity index (χ3v) is 3.98. The van der Waals surface area contributed by atoms with Crippen LogP contribution in [0, 0.1) is 11.7 Å². The van der Waals surface area contributed by atoms with Crippen LogP contribution >= 0.6 is 15.9 Å². The highest BCUT2D eigenvalue weighted by molar-refractivity contribution is 9.10. The lowest BCUT2D eigenvalue weighted by atomic mass is 9.81. The Morgan fingerprint density at radius 2 is 1.89 bits per heavy atom. The molecule has 0 saturated heterocycles. The fourth-order valence-electron chi connectivity index (χ4n) is 2.37. The molecule has 5 heteroatoms. The van der Waals surface area contributed by atoms with E-state index < -0.39 is 17.8 Å². The molecular weight excluding hydrogens is 309 g/mol. The first-order valence-corrected chi connectivity index (χ1v) is 6.69. The second-order valence-electron chi connectivity index (χ2n) is 4.80. The molecule has 1 nitrogen and oxygen atoms in total. The first kappa shape index (κ1) is 13.9. The highest BCUT2D eigenvalue weighted by Crippen LogP contribution is 2.42. The van der Waals surface area contributed by atoms with Gasteiger partial charge in [0.1, 0.15) is 5.82 Å². The van der Waals surface area contributed by atoms with Crippen LogP contribution < -0.4 is 0 Å². The van der Waals surface area contributed by atoms with Crippen LogP contribution in [-0.4, -0.2) is 11.0 Å². The minimum absolute atomic E-state index is 0.180. The summed E-state index contributed by atoms with van der Waals surface area (Å²) in [4.78, 5) is 0. The van der Waals surface area contributed by atoms with Crippen LogP contribution in [0.25, 0.3) is 0 Å². The third kappa shape index (κ3) is 3.06. The van der Waals surface area contributed by atoms with Crippen molar-refractivity contribution in [1.82, 2.24) is 0 Å². The number of benzene rings is 1. The Kier molecular flexibility index (Phi) is 4.02. The Hall–Kier alpha value is -0.550. The number of hydrogen-bond donors (Lipinski definition) is 1. The number of hydrogen-bond acceptors (Lipinski definition) is 1. The van der Waals surface area contributed by atoms with Crippen molar-refractivity contribution in [2.45, 2.75) is 37.7 Å². The van der Waals surface area contributed by atoms with Gasteiger partial charge in [-0.15, -0.1) is 0 Å². The lowest BCUT2D eigenvalue weighted by molar-refractivity contribution is -0.0630. The molecular formula is C13H14BrF3O. The zero-order chi connectivity index (χ0) is 13.3. The summed E-state index contributed by atoms with van der Waals surface area (Å²) in [6.45, 7) is 0. The lowest BCUT2D eigenvalue weighted by Gasteiger charge is -2.31. The summed E-state index contributed by atoms with van der Waals surface area (Å²) in [5.74, 6) is -3.43.